The number of nitrogens with zero attached hydrogens (tertiary/aromatic N) is 1. The second-order valence-corrected chi connectivity index (χ2v) is 4.06. The van der Waals surface area contributed by atoms with Crippen molar-refractivity contribution in [1.29, 1.82) is 0 Å². The van der Waals surface area contributed by atoms with Crippen molar-refractivity contribution in [2.75, 3.05) is 0 Å². The molecule has 0 fully saturated rings. The fraction of sp³-hybridized carbons (Fsp3) is 0. The van der Waals surface area contributed by atoms with Crippen molar-refractivity contribution >= 4 is 40.9 Å². The number of hydrogen-bond donors (Lipinski definition) is 0. The molecule has 0 N–H and O–H groups in total. The van der Waals surface area contributed by atoms with Gasteiger partial charge >= 0.3 is 0 Å². The van der Waals surface area contributed by atoms with E-state index in [1.54, 1.807) is 17.7 Å². The van der Waals surface area contributed by atoms with Gasteiger partial charge in [-0.1, -0.05) is 37.0 Å². The Kier molecular flexibility index (Phi) is 1.83. The van der Waals surface area contributed by atoms with Crippen LogP contribution in [0.25, 0.3) is 17.1 Å². The summed E-state index contributed by atoms with van der Waals surface area (Å²) in [5, 5.41) is 1.14. The van der Waals surface area contributed by atoms with Crippen LogP contribution in [-0.2, 0) is 0 Å². The lowest BCUT2D eigenvalue weighted by atomic mass is 10.3. The second kappa shape index (κ2) is 2.84. The number of benzene rings is 1. The number of fused-ring (bicyclic) bond motifs is 1. The molecule has 2 rings (SSSR count). The smallest absolute Gasteiger partial charge is 0.117 e. The standard InChI is InChI=1S/C9H7NS2/c1-2-10-8-6-4-3-5-7(8)9(11)12-10/h2-6H,1H2. The first kappa shape index (κ1) is 7.71. The third-order valence-corrected chi connectivity index (χ3v) is 3.08. The van der Waals surface area contributed by atoms with Gasteiger partial charge in [-0.3, -0.25) is 3.96 Å². The third-order valence-electron chi connectivity index (χ3n) is 1.71. The van der Waals surface area contributed by atoms with Crippen LogP contribution in [0.4, 0.5) is 0 Å². The molecule has 60 valence electrons. The van der Waals surface area contributed by atoms with Gasteiger partial charge in [0.15, 0.2) is 0 Å². The topological polar surface area (TPSA) is 4.93 Å². The Balaban J connectivity index is 3.00. The van der Waals surface area contributed by atoms with E-state index in [2.05, 4.69) is 6.58 Å². The Morgan fingerprint density at radius 2 is 2.17 bits per heavy atom. The summed E-state index contributed by atoms with van der Waals surface area (Å²) in [5.74, 6) is 0. The summed E-state index contributed by atoms with van der Waals surface area (Å²) in [5.41, 5.74) is 1.14. The summed E-state index contributed by atoms with van der Waals surface area (Å²) in [6.07, 6.45) is 1.78. The van der Waals surface area contributed by atoms with Gasteiger partial charge in [-0.2, -0.15) is 0 Å². The zero-order valence-corrected chi connectivity index (χ0v) is 7.99. The normalized spacial score (nSPS) is 10.3. The first-order chi connectivity index (χ1) is 5.83. The Hall–Kier alpha value is -0.930. The molecule has 1 aromatic carbocycles. The van der Waals surface area contributed by atoms with Gasteiger partial charge in [0.05, 0.1) is 5.52 Å². The van der Waals surface area contributed by atoms with Gasteiger partial charge in [0.25, 0.3) is 0 Å². The average molecular weight is 193 g/mol. The summed E-state index contributed by atoms with van der Waals surface area (Å²) < 4.78 is 2.91. The van der Waals surface area contributed by atoms with Crippen LogP contribution >= 0.6 is 23.8 Å². The van der Waals surface area contributed by atoms with E-state index in [-0.39, 0.29) is 0 Å². The summed E-state index contributed by atoms with van der Waals surface area (Å²) in [6.45, 7) is 3.72. The van der Waals surface area contributed by atoms with Crippen molar-refractivity contribution in [3.8, 4) is 0 Å². The maximum absolute atomic E-state index is 5.19. The molecule has 0 unspecified atom stereocenters. The lowest BCUT2D eigenvalue weighted by Gasteiger charge is -1.92. The molecule has 1 aromatic heterocycles. The van der Waals surface area contributed by atoms with Crippen molar-refractivity contribution < 1.29 is 0 Å². The van der Waals surface area contributed by atoms with Gasteiger partial charge < -0.3 is 0 Å². The van der Waals surface area contributed by atoms with E-state index < -0.39 is 0 Å². The number of para-hydroxylation sites is 1. The van der Waals surface area contributed by atoms with Crippen LogP contribution in [0.2, 0.25) is 0 Å². The van der Waals surface area contributed by atoms with Crippen molar-refractivity contribution in [2.45, 2.75) is 0 Å². The van der Waals surface area contributed by atoms with E-state index in [0.717, 1.165) is 14.7 Å². The molecule has 0 aliphatic carbocycles. The van der Waals surface area contributed by atoms with Crippen molar-refractivity contribution in [2.24, 2.45) is 0 Å². The van der Waals surface area contributed by atoms with Crippen molar-refractivity contribution in [1.82, 2.24) is 3.96 Å². The minimum absolute atomic E-state index is 0.922. The first-order valence-corrected chi connectivity index (χ1v) is 4.74. The predicted molar refractivity (Wildman–Crippen MR) is 57.0 cm³/mol. The van der Waals surface area contributed by atoms with E-state index in [1.165, 1.54) is 0 Å². The lowest BCUT2D eigenvalue weighted by molar-refractivity contribution is 1.40. The van der Waals surface area contributed by atoms with E-state index in [4.69, 9.17) is 12.2 Å². The maximum Gasteiger partial charge on any atom is 0.117 e. The Labute approximate surface area is 79.7 Å². The molecule has 0 saturated carbocycles. The molecule has 0 radical (unpaired) electrons. The molecule has 0 atom stereocenters. The minimum atomic E-state index is 0.922. The van der Waals surface area contributed by atoms with E-state index in [0.29, 0.717) is 0 Å². The molecule has 0 aliphatic rings. The number of aromatic nitrogens is 1. The molecular weight excluding hydrogens is 186 g/mol. The lowest BCUT2D eigenvalue weighted by Crippen LogP contribution is -1.76. The van der Waals surface area contributed by atoms with Gasteiger partial charge in [0, 0.05) is 11.6 Å². The van der Waals surface area contributed by atoms with Gasteiger partial charge in [0.1, 0.15) is 3.82 Å². The van der Waals surface area contributed by atoms with Crippen LogP contribution in [0.15, 0.2) is 30.8 Å². The van der Waals surface area contributed by atoms with E-state index in [9.17, 15) is 0 Å². The largest absolute Gasteiger partial charge is 0.272 e. The Morgan fingerprint density at radius 1 is 1.42 bits per heavy atom. The Bertz CT molecular complexity index is 478. The molecule has 1 nitrogen and oxygen atoms in total. The molecule has 12 heavy (non-hydrogen) atoms. The predicted octanol–water partition coefficient (Wildman–Crippen LogP) is 3.53. The highest BCUT2D eigenvalue weighted by atomic mass is 32.2. The molecule has 0 saturated heterocycles. The Morgan fingerprint density at radius 3 is 2.92 bits per heavy atom. The maximum atomic E-state index is 5.19. The molecule has 2 aromatic rings. The first-order valence-electron chi connectivity index (χ1n) is 3.56. The fourth-order valence-corrected chi connectivity index (χ4v) is 2.36. The van der Waals surface area contributed by atoms with Crippen LogP contribution in [0.3, 0.4) is 0 Å². The van der Waals surface area contributed by atoms with E-state index in [1.807, 2.05) is 28.2 Å². The highest BCUT2D eigenvalue weighted by Crippen LogP contribution is 2.21. The highest BCUT2D eigenvalue weighted by molar-refractivity contribution is 7.73. The molecule has 0 aliphatic heterocycles. The molecule has 0 bridgehead atoms. The van der Waals surface area contributed by atoms with Crippen LogP contribution < -0.4 is 0 Å². The summed E-state index contributed by atoms with van der Waals surface area (Å²) >= 11 is 6.73. The fourth-order valence-electron chi connectivity index (χ4n) is 1.16. The van der Waals surface area contributed by atoms with Gasteiger partial charge in [0.2, 0.25) is 0 Å². The molecular formula is C9H7NS2. The van der Waals surface area contributed by atoms with Gasteiger partial charge in [-0.05, 0) is 17.6 Å². The monoisotopic (exact) mass is 193 g/mol. The summed E-state index contributed by atoms with van der Waals surface area (Å²) in [6, 6.07) is 8.08. The van der Waals surface area contributed by atoms with Crippen molar-refractivity contribution in [3.05, 3.63) is 34.7 Å². The highest BCUT2D eigenvalue weighted by Gasteiger charge is 1.99. The number of hydrogen-bond acceptors (Lipinski definition) is 2. The minimum Gasteiger partial charge on any atom is -0.272 e. The number of rotatable bonds is 1. The van der Waals surface area contributed by atoms with E-state index >= 15 is 0 Å². The molecule has 3 heteroatoms. The van der Waals surface area contributed by atoms with Crippen LogP contribution in [0, 0.1) is 3.82 Å². The van der Waals surface area contributed by atoms with Crippen LogP contribution in [-0.4, -0.2) is 3.96 Å². The average Bonchev–Trinajstić information content (AvgIpc) is 2.44. The molecule has 1 heterocycles. The molecule has 0 amide bonds. The summed E-state index contributed by atoms with van der Waals surface area (Å²) in [4.78, 5) is 0. The zero-order chi connectivity index (χ0) is 8.55. The quantitative estimate of drug-likeness (QED) is 0.627. The van der Waals surface area contributed by atoms with Gasteiger partial charge in [-0.25, -0.2) is 0 Å². The van der Waals surface area contributed by atoms with Crippen LogP contribution in [0.5, 0.6) is 0 Å². The third kappa shape index (κ3) is 1.02. The zero-order valence-electron chi connectivity index (χ0n) is 6.36. The second-order valence-electron chi connectivity index (χ2n) is 2.40. The van der Waals surface area contributed by atoms with Crippen LogP contribution in [0.1, 0.15) is 0 Å². The van der Waals surface area contributed by atoms with Gasteiger partial charge in [-0.15, -0.1) is 0 Å². The summed E-state index contributed by atoms with van der Waals surface area (Å²) in [7, 11) is 0. The molecule has 0 spiro atoms. The van der Waals surface area contributed by atoms with Crippen molar-refractivity contribution in [3.63, 3.8) is 0 Å². The SMILES string of the molecule is C=Cn1sc(=S)c2ccccc21.